The predicted octanol–water partition coefficient (Wildman–Crippen LogP) is 3.03. The summed E-state index contributed by atoms with van der Waals surface area (Å²) >= 11 is 0. The van der Waals surface area contributed by atoms with E-state index >= 15 is 0 Å². The lowest BCUT2D eigenvalue weighted by molar-refractivity contribution is 0.136. The van der Waals surface area contributed by atoms with Crippen LogP contribution in [0.25, 0.3) is 0 Å². The monoisotopic (exact) mass is 269 g/mol. The molecule has 0 bridgehead atoms. The van der Waals surface area contributed by atoms with Crippen LogP contribution >= 0.6 is 0 Å². The van der Waals surface area contributed by atoms with Crippen LogP contribution in [-0.4, -0.2) is 17.8 Å². The Bertz CT molecular complexity index is 524. The van der Waals surface area contributed by atoms with Crippen molar-refractivity contribution < 1.29 is 5.11 Å². The minimum absolute atomic E-state index is 0.0148. The second kappa shape index (κ2) is 7.22. The van der Waals surface area contributed by atoms with E-state index in [9.17, 15) is 5.11 Å². The van der Waals surface area contributed by atoms with E-state index in [0.29, 0.717) is 6.54 Å². The molecule has 0 spiro atoms. The van der Waals surface area contributed by atoms with Gasteiger partial charge >= 0.3 is 0 Å². The molecule has 0 saturated heterocycles. The molecule has 0 aliphatic rings. The molecule has 106 valence electrons. The van der Waals surface area contributed by atoms with Gasteiger partial charge < -0.3 is 10.8 Å². The quantitative estimate of drug-likeness (QED) is 0.846. The molecule has 20 heavy (non-hydrogen) atoms. The first-order valence-electron chi connectivity index (χ1n) is 7.19. The molecule has 2 rings (SSSR count). The summed E-state index contributed by atoms with van der Waals surface area (Å²) in [6.45, 7) is 2.56. The highest BCUT2D eigenvalue weighted by Gasteiger charge is 2.19. The third kappa shape index (κ3) is 3.92. The minimum atomic E-state index is -0.400. The Morgan fingerprint density at radius 2 is 1.80 bits per heavy atom. The molecule has 2 aromatic carbocycles. The molecule has 0 saturated carbocycles. The fourth-order valence-electron chi connectivity index (χ4n) is 2.60. The van der Waals surface area contributed by atoms with Crippen LogP contribution < -0.4 is 5.73 Å². The molecule has 0 aromatic heterocycles. The lowest BCUT2D eigenvalue weighted by atomic mass is 9.90. The van der Waals surface area contributed by atoms with Gasteiger partial charge in [0.2, 0.25) is 0 Å². The number of hydrogen-bond donors (Lipinski definition) is 2. The molecule has 2 atom stereocenters. The lowest BCUT2D eigenvalue weighted by Crippen LogP contribution is -2.26. The molecule has 0 amide bonds. The molecule has 2 aromatic rings. The minimum Gasteiger partial charge on any atom is -0.392 e. The first kappa shape index (κ1) is 14.8. The molecule has 2 nitrogen and oxygen atoms in total. The third-order valence-corrected chi connectivity index (χ3v) is 3.76. The van der Waals surface area contributed by atoms with Gasteiger partial charge in [-0.1, -0.05) is 60.2 Å². The van der Waals surface area contributed by atoms with E-state index in [1.165, 1.54) is 11.1 Å². The van der Waals surface area contributed by atoms with Crippen LogP contribution in [0, 0.1) is 6.92 Å². The van der Waals surface area contributed by atoms with Gasteiger partial charge in [-0.15, -0.1) is 0 Å². The summed E-state index contributed by atoms with van der Waals surface area (Å²) in [6.07, 6.45) is 1.22. The lowest BCUT2D eigenvalue weighted by Gasteiger charge is -2.22. The van der Waals surface area contributed by atoms with E-state index in [4.69, 9.17) is 5.73 Å². The highest BCUT2D eigenvalue weighted by atomic mass is 16.3. The topological polar surface area (TPSA) is 46.2 Å². The Balaban J connectivity index is 1.98. The second-order valence-electron chi connectivity index (χ2n) is 5.35. The average Bonchev–Trinajstić information content (AvgIpc) is 2.47. The summed E-state index contributed by atoms with van der Waals surface area (Å²) in [4.78, 5) is 0. The van der Waals surface area contributed by atoms with Crippen LogP contribution in [0.5, 0.6) is 0 Å². The molecule has 0 fully saturated rings. The fraction of sp³-hybridized carbons (Fsp3) is 0.333. The third-order valence-electron chi connectivity index (χ3n) is 3.76. The highest BCUT2D eigenvalue weighted by molar-refractivity contribution is 5.23. The summed E-state index contributed by atoms with van der Waals surface area (Å²) in [7, 11) is 0. The number of aryl methyl sites for hydroxylation is 2. The van der Waals surface area contributed by atoms with Gasteiger partial charge in [0, 0.05) is 12.5 Å². The Morgan fingerprint density at radius 3 is 2.45 bits per heavy atom. The zero-order valence-corrected chi connectivity index (χ0v) is 12.0. The summed E-state index contributed by atoms with van der Waals surface area (Å²) in [5.74, 6) is 0.0148. The van der Waals surface area contributed by atoms with E-state index in [-0.39, 0.29) is 5.92 Å². The highest BCUT2D eigenvalue weighted by Crippen LogP contribution is 2.22. The smallest absolute Gasteiger partial charge is 0.0624 e. The van der Waals surface area contributed by atoms with Crippen molar-refractivity contribution in [1.29, 1.82) is 0 Å². The van der Waals surface area contributed by atoms with Gasteiger partial charge in [-0.3, -0.25) is 0 Å². The van der Waals surface area contributed by atoms with Crippen molar-refractivity contribution in [2.75, 3.05) is 6.54 Å². The van der Waals surface area contributed by atoms with Crippen molar-refractivity contribution in [3.8, 4) is 0 Å². The summed E-state index contributed by atoms with van der Waals surface area (Å²) in [5, 5.41) is 10.4. The normalized spacial score (nSPS) is 13.9. The summed E-state index contributed by atoms with van der Waals surface area (Å²) < 4.78 is 0. The van der Waals surface area contributed by atoms with E-state index in [1.54, 1.807) is 0 Å². The Morgan fingerprint density at radius 1 is 1.05 bits per heavy atom. The van der Waals surface area contributed by atoms with Crippen molar-refractivity contribution in [3.63, 3.8) is 0 Å². The zero-order chi connectivity index (χ0) is 14.4. The van der Waals surface area contributed by atoms with Gasteiger partial charge in [0.15, 0.2) is 0 Å². The number of rotatable bonds is 6. The Labute approximate surface area is 121 Å². The van der Waals surface area contributed by atoms with E-state index in [1.807, 2.05) is 30.3 Å². The maximum absolute atomic E-state index is 10.4. The van der Waals surface area contributed by atoms with Crippen LogP contribution in [0.3, 0.4) is 0 Å². The molecule has 2 unspecified atom stereocenters. The molecular weight excluding hydrogens is 246 g/mol. The number of benzene rings is 2. The Hall–Kier alpha value is -1.64. The Kier molecular flexibility index (Phi) is 5.33. The summed E-state index contributed by atoms with van der Waals surface area (Å²) in [6, 6.07) is 18.5. The number of aliphatic hydroxyl groups is 1. The van der Waals surface area contributed by atoms with E-state index in [0.717, 1.165) is 18.4 Å². The van der Waals surface area contributed by atoms with Gasteiger partial charge in [0.1, 0.15) is 0 Å². The molecule has 0 aliphatic carbocycles. The van der Waals surface area contributed by atoms with Crippen molar-refractivity contribution >= 4 is 0 Å². The molecule has 0 aliphatic heterocycles. The largest absolute Gasteiger partial charge is 0.392 e. The van der Waals surface area contributed by atoms with Crippen molar-refractivity contribution in [2.24, 2.45) is 5.73 Å². The number of hydrogen-bond acceptors (Lipinski definition) is 2. The first-order valence-corrected chi connectivity index (χ1v) is 7.19. The van der Waals surface area contributed by atoms with E-state index in [2.05, 4.69) is 31.2 Å². The van der Waals surface area contributed by atoms with Gasteiger partial charge in [0.05, 0.1) is 6.10 Å². The standard InChI is InChI=1S/C18H23NO/c1-14-6-5-7-15(12-14)10-11-18(20)17(13-19)16-8-3-2-4-9-16/h2-9,12,17-18,20H,10-11,13,19H2,1H3. The van der Waals surface area contributed by atoms with Gasteiger partial charge in [-0.05, 0) is 30.9 Å². The SMILES string of the molecule is Cc1cccc(CCC(O)C(CN)c2ccccc2)c1. The summed E-state index contributed by atoms with van der Waals surface area (Å²) in [5.41, 5.74) is 9.49. The van der Waals surface area contributed by atoms with Crippen LogP contribution in [0.15, 0.2) is 54.6 Å². The molecule has 2 heteroatoms. The molecule has 3 N–H and O–H groups in total. The van der Waals surface area contributed by atoms with E-state index < -0.39 is 6.10 Å². The maximum atomic E-state index is 10.4. The van der Waals surface area contributed by atoms with Crippen LogP contribution in [0.1, 0.15) is 29.0 Å². The van der Waals surface area contributed by atoms with Gasteiger partial charge in [-0.2, -0.15) is 0 Å². The van der Waals surface area contributed by atoms with Crippen LogP contribution in [0.2, 0.25) is 0 Å². The first-order chi connectivity index (χ1) is 9.70. The van der Waals surface area contributed by atoms with Gasteiger partial charge in [0.25, 0.3) is 0 Å². The fourth-order valence-corrected chi connectivity index (χ4v) is 2.60. The average molecular weight is 269 g/mol. The van der Waals surface area contributed by atoms with Crippen molar-refractivity contribution in [2.45, 2.75) is 31.8 Å². The predicted molar refractivity (Wildman–Crippen MR) is 83.7 cm³/mol. The zero-order valence-electron chi connectivity index (χ0n) is 12.0. The van der Waals surface area contributed by atoms with Gasteiger partial charge in [-0.25, -0.2) is 0 Å². The van der Waals surface area contributed by atoms with Crippen molar-refractivity contribution in [3.05, 3.63) is 71.3 Å². The molecule has 0 radical (unpaired) electrons. The van der Waals surface area contributed by atoms with Crippen LogP contribution in [0.4, 0.5) is 0 Å². The second-order valence-corrected chi connectivity index (χ2v) is 5.35. The number of aliphatic hydroxyl groups excluding tert-OH is 1. The van der Waals surface area contributed by atoms with Crippen molar-refractivity contribution in [1.82, 2.24) is 0 Å². The number of nitrogens with two attached hydrogens (primary N) is 1. The van der Waals surface area contributed by atoms with Crippen LogP contribution in [-0.2, 0) is 6.42 Å². The maximum Gasteiger partial charge on any atom is 0.0624 e. The molecule has 0 heterocycles. The molecular formula is C18H23NO.